The highest BCUT2D eigenvalue weighted by atomic mass is 16.5. The molecule has 1 atom stereocenters. The summed E-state index contributed by atoms with van der Waals surface area (Å²) in [5, 5.41) is 9.68. The van der Waals surface area contributed by atoms with Crippen molar-refractivity contribution < 1.29 is 9.47 Å². The average Bonchev–Trinajstić information content (AvgIpc) is 2.52. The van der Waals surface area contributed by atoms with E-state index in [4.69, 9.17) is 9.47 Å². The Bertz CT molecular complexity index is 721. The SMILES string of the molecule is COc1ccc(CC(C#N)c2c(C)cc(C)cc2C)cc1OC. The van der Waals surface area contributed by atoms with Crippen molar-refractivity contribution in [1.82, 2.24) is 0 Å². The van der Waals surface area contributed by atoms with Gasteiger partial charge in [0.25, 0.3) is 0 Å². The van der Waals surface area contributed by atoms with Gasteiger partial charge < -0.3 is 9.47 Å². The molecule has 0 radical (unpaired) electrons. The second kappa shape index (κ2) is 7.19. The summed E-state index contributed by atoms with van der Waals surface area (Å²) in [5.74, 6) is 1.22. The summed E-state index contributed by atoms with van der Waals surface area (Å²) in [6, 6.07) is 12.6. The molecule has 0 aliphatic carbocycles. The molecule has 0 bridgehead atoms. The van der Waals surface area contributed by atoms with E-state index in [0.29, 0.717) is 17.9 Å². The van der Waals surface area contributed by atoms with Gasteiger partial charge >= 0.3 is 0 Å². The van der Waals surface area contributed by atoms with Crippen molar-refractivity contribution >= 4 is 0 Å². The van der Waals surface area contributed by atoms with Gasteiger partial charge in [-0.25, -0.2) is 0 Å². The monoisotopic (exact) mass is 309 g/mol. The van der Waals surface area contributed by atoms with E-state index in [1.165, 1.54) is 16.7 Å². The number of benzene rings is 2. The Hall–Kier alpha value is -2.47. The standard InChI is InChI=1S/C20H23NO2/c1-13-8-14(2)20(15(3)9-13)17(12-21)10-16-6-7-18(22-4)19(11-16)23-5/h6-9,11,17H,10H2,1-5H3. The van der Waals surface area contributed by atoms with E-state index in [-0.39, 0.29) is 5.92 Å². The third-order valence-corrected chi connectivity index (χ3v) is 4.13. The molecule has 0 saturated heterocycles. The molecule has 2 aromatic rings. The van der Waals surface area contributed by atoms with Crippen molar-refractivity contribution in [3.05, 3.63) is 58.1 Å². The Morgan fingerprint density at radius 3 is 2.09 bits per heavy atom. The Kier molecular flexibility index (Phi) is 5.28. The summed E-state index contributed by atoms with van der Waals surface area (Å²) >= 11 is 0. The molecule has 0 fully saturated rings. The van der Waals surface area contributed by atoms with Gasteiger partial charge in [-0.05, 0) is 61.6 Å². The summed E-state index contributed by atoms with van der Waals surface area (Å²) in [6.45, 7) is 6.24. The van der Waals surface area contributed by atoms with E-state index in [0.717, 1.165) is 11.1 Å². The van der Waals surface area contributed by atoms with E-state index < -0.39 is 0 Å². The number of hydrogen-bond acceptors (Lipinski definition) is 3. The number of methoxy groups -OCH3 is 2. The predicted molar refractivity (Wildman–Crippen MR) is 92.3 cm³/mol. The Labute approximate surface area is 138 Å². The summed E-state index contributed by atoms with van der Waals surface area (Å²) in [5.41, 5.74) is 5.78. The third kappa shape index (κ3) is 3.65. The minimum absolute atomic E-state index is 0.172. The molecule has 0 heterocycles. The molecule has 23 heavy (non-hydrogen) atoms. The van der Waals surface area contributed by atoms with Crippen LogP contribution in [0, 0.1) is 32.1 Å². The minimum atomic E-state index is -0.172. The normalized spacial score (nSPS) is 11.7. The molecule has 3 heteroatoms. The summed E-state index contributed by atoms with van der Waals surface area (Å²) in [7, 11) is 3.24. The topological polar surface area (TPSA) is 42.2 Å². The Balaban J connectivity index is 2.36. The fourth-order valence-electron chi connectivity index (χ4n) is 3.20. The fourth-order valence-corrected chi connectivity index (χ4v) is 3.20. The number of nitrogens with zero attached hydrogens (tertiary/aromatic N) is 1. The van der Waals surface area contributed by atoms with Crippen LogP contribution in [0.15, 0.2) is 30.3 Å². The maximum absolute atomic E-state index is 9.68. The van der Waals surface area contributed by atoms with Gasteiger partial charge in [0.2, 0.25) is 0 Å². The molecule has 0 amide bonds. The van der Waals surface area contributed by atoms with Crippen LogP contribution in [0.2, 0.25) is 0 Å². The van der Waals surface area contributed by atoms with Crippen molar-refractivity contribution in [1.29, 1.82) is 5.26 Å². The van der Waals surface area contributed by atoms with Crippen LogP contribution in [0.4, 0.5) is 0 Å². The van der Waals surface area contributed by atoms with Gasteiger partial charge in [0, 0.05) is 0 Å². The van der Waals surface area contributed by atoms with Crippen molar-refractivity contribution in [2.24, 2.45) is 0 Å². The van der Waals surface area contributed by atoms with E-state index in [1.54, 1.807) is 14.2 Å². The van der Waals surface area contributed by atoms with Crippen molar-refractivity contribution in [2.45, 2.75) is 33.1 Å². The molecule has 2 rings (SSSR count). The second-order valence-corrected chi connectivity index (χ2v) is 5.89. The van der Waals surface area contributed by atoms with Crippen LogP contribution < -0.4 is 9.47 Å². The molecular formula is C20H23NO2. The molecule has 0 spiro atoms. The zero-order chi connectivity index (χ0) is 17.0. The molecule has 0 aromatic heterocycles. The van der Waals surface area contributed by atoms with E-state index >= 15 is 0 Å². The maximum atomic E-state index is 9.68. The number of hydrogen-bond donors (Lipinski definition) is 0. The maximum Gasteiger partial charge on any atom is 0.160 e. The van der Waals surface area contributed by atoms with Crippen molar-refractivity contribution in [3.63, 3.8) is 0 Å². The zero-order valence-corrected chi connectivity index (χ0v) is 14.4. The average molecular weight is 309 g/mol. The minimum Gasteiger partial charge on any atom is -0.493 e. The van der Waals surface area contributed by atoms with E-state index in [9.17, 15) is 5.26 Å². The number of nitriles is 1. The van der Waals surface area contributed by atoms with E-state index in [2.05, 4.69) is 39.0 Å². The van der Waals surface area contributed by atoms with Gasteiger partial charge in [-0.2, -0.15) is 5.26 Å². The summed E-state index contributed by atoms with van der Waals surface area (Å²) in [4.78, 5) is 0. The first-order valence-electron chi connectivity index (χ1n) is 7.68. The summed E-state index contributed by atoms with van der Waals surface area (Å²) < 4.78 is 10.6. The number of rotatable bonds is 5. The molecular weight excluding hydrogens is 286 g/mol. The number of ether oxygens (including phenoxy) is 2. The lowest BCUT2D eigenvalue weighted by atomic mass is 9.86. The Morgan fingerprint density at radius 2 is 1.57 bits per heavy atom. The third-order valence-electron chi connectivity index (χ3n) is 4.13. The van der Waals surface area contributed by atoms with Crippen LogP contribution in [0.25, 0.3) is 0 Å². The quantitative estimate of drug-likeness (QED) is 0.818. The first-order valence-corrected chi connectivity index (χ1v) is 7.68. The number of aryl methyl sites for hydroxylation is 3. The first kappa shape index (κ1) is 16.9. The van der Waals surface area contributed by atoms with Crippen LogP contribution in [-0.4, -0.2) is 14.2 Å². The van der Waals surface area contributed by atoms with Crippen LogP contribution in [0.3, 0.4) is 0 Å². The first-order chi connectivity index (χ1) is 11.0. The lowest BCUT2D eigenvalue weighted by Gasteiger charge is -2.17. The van der Waals surface area contributed by atoms with Gasteiger partial charge in [-0.3, -0.25) is 0 Å². The van der Waals surface area contributed by atoms with Crippen LogP contribution in [0.1, 0.15) is 33.7 Å². The molecule has 120 valence electrons. The largest absolute Gasteiger partial charge is 0.493 e. The second-order valence-electron chi connectivity index (χ2n) is 5.89. The van der Waals surface area contributed by atoms with Crippen LogP contribution in [0.5, 0.6) is 11.5 Å². The summed E-state index contributed by atoms with van der Waals surface area (Å²) in [6.07, 6.45) is 0.654. The lowest BCUT2D eigenvalue weighted by molar-refractivity contribution is 0.354. The molecule has 2 aromatic carbocycles. The Morgan fingerprint density at radius 1 is 0.957 bits per heavy atom. The molecule has 3 nitrogen and oxygen atoms in total. The molecule has 0 aliphatic rings. The van der Waals surface area contributed by atoms with E-state index in [1.807, 2.05) is 18.2 Å². The van der Waals surface area contributed by atoms with Gasteiger partial charge in [-0.1, -0.05) is 23.8 Å². The highest BCUT2D eigenvalue weighted by molar-refractivity contribution is 5.46. The molecule has 1 unspecified atom stereocenters. The fraction of sp³-hybridized carbons (Fsp3) is 0.350. The molecule has 0 saturated carbocycles. The lowest BCUT2D eigenvalue weighted by Crippen LogP contribution is -2.06. The molecule has 0 aliphatic heterocycles. The molecule has 0 N–H and O–H groups in total. The van der Waals surface area contributed by atoms with Crippen molar-refractivity contribution in [3.8, 4) is 17.6 Å². The predicted octanol–water partition coefficient (Wildman–Crippen LogP) is 4.48. The highest BCUT2D eigenvalue weighted by Crippen LogP contribution is 2.32. The smallest absolute Gasteiger partial charge is 0.160 e. The van der Waals surface area contributed by atoms with Crippen LogP contribution >= 0.6 is 0 Å². The van der Waals surface area contributed by atoms with Gasteiger partial charge in [-0.15, -0.1) is 0 Å². The van der Waals surface area contributed by atoms with Gasteiger partial charge in [0.15, 0.2) is 11.5 Å². The van der Waals surface area contributed by atoms with Crippen LogP contribution in [-0.2, 0) is 6.42 Å². The van der Waals surface area contributed by atoms with Gasteiger partial charge in [0.05, 0.1) is 26.2 Å². The van der Waals surface area contributed by atoms with Gasteiger partial charge in [0.1, 0.15) is 0 Å². The zero-order valence-electron chi connectivity index (χ0n) is 14.4. The highest BCUT2D eigenvalue weighted by Gasteiger charge is 2.18. The van der Waals surface area contributed by atoms with Crippen molar-refractivity contribution in [2.75, 3.05) is 14.2 Å².